The van der Waals surface area contributed by atoms with Crippen LogP contribution in [0.1, 0.15) is 151 Å². The zero-order valence-electron chi connectivity index (χ0n) is 64.6. The van der Waals surface area contributed by atoms with E-state index in [1.807, 2.05) is 129 Å². The first-order chi connectivity index (χ1) is 54.6. The van der Waals surface area contributed by atoms with Crippen LogP contribution in [-0.4, -0.2) is 141 Å². The summed E-state index contributed by atoms with van der Waals surface area (Å²) in [7, 11) is 7.58. The van der Waals surface area contributed by atoms with Crippen molar-refractivity contribution in [3.05, 3.63) is 284 Å². The van der Waals surface area contributed by atoms with E-state index in [2.05, 4.69) is 79.2 Å². The van der Waals surface area contributed by atoms with Crippen molar-refractivity contribution in [1.82, 2.24) is 35.1 Å². The highest BCUT2D eigenvalue weighted by atomic mass is 35.5. The lowest BCUT2D eigenvalue weighted by atomic mass is 10.0. The average molecular weight is 1560 g/mol. The molecule has 0 aliphatic heterocycles. The minimum absolute atomic E-state index is 0.0134. The number of carbonyl (C=O) groups is 6. The molecule has 0 spiro atoms. The summed E-state index contributed by atoms with van der Waals surface area (Å²) in [5, 5.41) is 29.2. The van der Waals surface area contributed by atoms with E-state index in [4.69, 9.17) is 51.9 Å². The third kappa shape index (κ3) is 30.2. The van der Waals surface area contributed by atoms with E-state index in [9.17, 15) is 39.0 Å². The molecule has 0 aliphatic rings. The minimum atomic E-state index is -0.493. The summed E-state index contributed by atoms with van der Waals surface area (Å²) < 4.78 is 0. The average Bonchev–Trinajstić information content (AvgIpc) is 0.807. The number of benzene rings is 7. The second-order valence-corrected chi connectivity index (χ2v) is 27.8. The first-order valence-corrected chi connectivity index (χ1v) is 37.3. The molecule has 20 nitrogen and oxygen atoms in total. The summed E-state index contributed by atoms with van der Waals surface area (Å²) in [6.45, 7) is 8.50. The van der Waals surface area contributed by atoms with Crippen LogP contribution >= 0.6 is 23.2 Å². The highest BCUT2D eigenvalue weighted by molar-refractivity contribution is 6.31. The van der Waals surface area contributed by atoms with Crippen molar-refractivity contribution in [2.24, 2.45) is 5.73 Å². The Labute approximate surface area is 675 Å². The number of aliphatic hydroxyl groups excluding tert-OH is 2. The molecule has 11 rings (SSSR count). The van der Waals surface area contributed by atoms with Crippen LogP contribution in [0.3, 0.4) is 0 Å². The smallest absolute Gasteiger partial charge is 0.243 e. The predicted octanol–water partition coefficient (Wildman–Crippen LogP) is 13.6. The van der Waals surface area contributed by atoms with Gasteiger partial charge in [0.1, 0.15) is 29.1 Å². The third-order valence-corrected chi connectivity index (χ3v) is 17.2. The number of hydrogen-bond acceptors (Lipinski definition) is 19. The Balaban J connectivity index is 0.000000207. The van der Waals surface area contributed by atoms with Gasteiger partial charge in [-0.05, 0) is 189 Å². The first-order valence-electron chi connectivity index (χ1n) is 36.5. The number of nitrogen functional groups attached to an aromatic ring is 4. The molecule has 0 bridgehead atoms. The number of rotatable bonds is 22. The molecular weight excluding hydrogens is 1470 g/mol. The van der Waals surface area contributed by atoms with Crippen LogP contribution in [0.25, 0.3) is 32.3 Å². The van der Waals surface area contributed by atoms with Gasteiger partial charge in [-0.15, -0.1) is 0 Å². The van der Waals surface area contributed by atoms with E-state index in [0.29, 0.717) is 144 Å². The molecule has 4 heterocycles. The molecule has 582 valence electrons. The van der Waals surface area contributed by atoms with Gasteiger partial charge in [-0.25, -0.2) is 19.9 Å². The van der Waals surface area contributed by atoms with Crippen LogP contribution in [0, 0.1) is 47.4 Å². The molecule has 114 heavy (non-hydrogen) atoms. The molecule has 0 saturated carbocycles. The number of halogens is 2. The van der Waals surface area contributed by atoms with Crippen molar-refractivity contribution in [1.29, 1.82) is 0 Å². The van der Waals surface area contributed by atoms with Crippen molar-refractivity contribution in [3.8, 4) is 47.4 Å². The van der Waals surface area contributed by atoms with Gasteiger partial charge >= 0.3 is 0 Å². The number of carbonyl (C=O) groups excluding carboxylic acids is 6. The van der Waals surface area contributed by atoms with Gasteiger partial charge in [0.05, 0.1) is 23.3 Å². The predicted molar refractivity (Wildman–Crippen MR) is 459 cm³/mol. The molecule has 1 amide bonds. The Hall–Kier alpha value is -12.7. The van der Waals surface area contributed by atoms with E-state index < -0.39 is 12.2 Å². The normalized spacial score (nSPS) is 10.9. The van der Waals surface area contributed by atoms with Gasteiger partial charge in [-0.1, -0.05) is 144 Å². The number of nitrogens with one attached hydrogen (secondary N) is 1. The molecule has 4 aromatic heterocycles. The van der Waals surface area contributed by atoms with Crippen molar-refractivity contribution in [2.75, 3.05) is 77.3 Å². The number of aliphatic hydroxyl groups is 2. The Morgan fingerprint density at radius 2 is 0.798 bits per heavy atom. The summed E-state index contributed by atoms with van der Waals surface area (Å²) in [5.74, 6) is 26.4. The number of Topliss-reactive ketones (excluding diaryl/α,β-unsaturated/α-hetero) is 5. The maximum Gasteiger partial charge on any atom is 0.243 e. The van der Waals surface area contributed by atoms with Gasteiger partial charge in [0.25, 0.3) is 0 Å². The molecule has 0 fully saturated rings. The van der Waals surface area contributed by atoms with E-state index >= 15 is 0 Å². The molecule has 13 N–H and O–H groups in total. The highest BCUT2D eigenvalue weighted by Crippen LogP contribution is 2.27. The Morgan fingerprint density at radius 1 is 0.439 bits per heavy atom. The van der Waals surface area contributed by atoms with Gasteiger partial charge in [0.2, 0.25) is 5.91 Å². The molecule has 11 aromatic rings. The molecule has 22 heteroatoms. The van der Waals surface area contributed by atoms with Gasteiger partial charge in [-0.3, -0.25) is 24.0 Å². The minimum Gasteiger partial charge on any atom is -0.392 e. The summed E-state index contributed by atoms with van der Waals surface area (Å²) >= 11 is 12.2. The summed E-state index contributed by atoms with van der Waals surface area (Å²) in [6.07, 6.45) is 10.6. The van der Waals surface area contributed by atoms with E-state index in [1.165, 1.54) is 19.9 Å². The zero-order chi connectivity index (χ0) is 82.6. The van der Waals surface area contributed by atoms with Crippen LogP contribution in [0.4, 0.5) is 23.3 Å². The lowest BCUT2D eigenvalue weighted by Gasteiger charge is -2.15. The number of nitrogens with zero attached hydrogens (tertiary/aromatic N) is 6. The molecule has 7 aromatic carbocycles. The number of ketones is 5. The number of nitrogens with two attached hydrogens (primary N) is 5. The summed E-state index contributed by atoms with van der Waals surface area (Å²) in [4.78, 5) is 89.6. The summed E-state index contributed by atoms with van der Waals surface area (Å²) in [6, 6.07) is 51.0. The maximum absolute atomic E-state index is 12.3. The van der Waals surface area contributed by atoms with Crippen LogP contribution in [0.5, 0.6) is 0 Å². The second-order valence-electron chi connectivity index (χ2n) is 27.0. The largest absolute Gasteiger partial charge is 0.392 e. The Kier molecular flexibility index (Phi) is 35.4. The SMILES string of the molecule is C=CC(=O)NCCCC(=O)c1ccc(C#Cc2c(N)ncc3ccc(Cl)cc23)cc1.CC(C)=O.CN(C)CC(O)CCC(=O)c1ccc(C#Cc2ccc(N)nc2)cc1.CN(C)CC(O)CCC(=O)c1ccc(C#Cc2ccc3cc(N)ncc3c2)cc1.NCCCC(=O)c1ccc(C#Cc2c(N)ncc3ccc(Cl)cc23)cc1. The fourth-order valence-electron chi connectivity index (χ4n) is 10.9. The number of fused-ring (bicyclic) bond motifs is 3. The molecule has 0 saturated heterocycles. The zero-order valence-corrected chi connectivity index (χ0v) is 66.1. The molecular formula is C92H92Cl2N12O8. The first kappa shape index (κ1) is 88.5. The van der Waals surface area contributed by atoms with E-state index in [-0.39, 0.29) is 34.8 Å². The van der Waals surface area contributed by atoms with Crippen LogP contribution in [0.15, 0.2) is 207 Å². The number of pyridine rings is 4. The monoisotopic (exact) mass is 1560 g/mol. The Bertz CT molecular complexity index is 5450. The van der Waals surface area contributed by atoms with E-state index in [1.54, 1.807) is 104 Å². The van der Waals surface area contributed by atoms with Gasteiger partial charge < -0.3 is 58.8 Å². The molecule has 0 radical (unpaired) electrons. The number of amides is 1. The number of likely N-dealkylation sites (N-methyl/N-ethyl adjacent to an activating group) is 2. The second kappa shape index (κ2) is 45.6. The molecule has 2 unspecified atom stereocenters. The van der Waals surface area contributed by atoms with Gasteiger partial charge in [-0.2, -0.15) is 0 Å². The van der Waals surface area contributed by atoms with Crippen LogP contribution < -0.4 is 34.0 Å². The van der Waals surface area contributed by atoms with Gasteiger partial charge in [0, 0.05) is 163 Å². The fourth-order valence-corrected chi connectivity index (χ4v) is 11.2. The van der Waals surface area contributed by atoms with Crippen LogP contribution in [0.2, 0.25) is 10.0 Å². The highest BCUT2D eigenvalue weighted by Gasteiger charge is 2.15. The quantitative estimate of drug-likeness (QED) is 0.0135. The maximum atomic E-state index is 12.3. The number of anilines is 4. The van der Waals surface area contributed by atoms with Crippen molar-refractivity contribution < 1.29 is 39.0 Å². The summed E-state index contributed by atoms with van der Waals surface area (Å²) in [5.41, 5.74) is 37.4. The topological polar surface area (TPSA) is 343 Å². The van der Waals surface area contributed by atoms with Crippen molar-refractivity contribution in [2.45, 2.75) is 77.4 Å². The van der Waals surface area contributed by atoms with Gasteiger partial charge in [0.15, 0.2) is 23.1 Å². The molecule has 2 atom stereocenters. The number of hydrogen-bond donors (Lipinski definition) is 8. The molecule has 0 aliphatic carbocycles. The van der Waals surface area contributed by atoms with E-state index in [0.717, 1.165) is 65.7 Å². The Morgan fingerprint density at radius 3 is 1.20 bits per heavy atom. The van der Waals surface area contributed by atoms with Crippen molar-refractivity contribution in [3.63, 3.8) is 0 Å². The lowest BCUT2D eigenvalue weighted by Crippen LogP contribution is -2.26. The fraction of sp³-hybridized carbons (Fsp3) is 0.217. The third-order valence-electron chi connectivity index (χ3n) is 16.7. The lowest BCUT2D eigenvalue weighted by molar-refractivity contribution is -0.116. The van der Waals surface area contributed by atoms with Crippen LogP contribution in [-0.2, 0) is 9.59 Å². The number of aromatic nitrogens is 4. The van der Waals surface area contributed by atoms with Crippen molar-refractivity contribution >= 4 is 114 Å². The standard InChI is InChI=1S/C24H20ClN3O2.C24H25N3O2.C21H18ClN3O.C20H23N3O2.C3H6O/c1-2-23(30)27-13-3-4-22(29)17-8-5-16(6-9-17)7-12-20-21-14-19(25)11-10-18(21)15-28-24(20)26;1-27(2)16-22(28)11-12-23(29)19-8-5-17(6-9-19)3-4-18-7-10-20-14-24(25)26-15-21(20)13-18;22-17-9-8-16-13-25-21(24)18(19(16)12-17)10-5-14-3-6-15(7-4-14)20(26)2-1-11-23;1-23(2)14-18(24)10-11-19(25)17-8-5-15(6-9-17)3-4-16-7-12-20(21)22-13-16;1-3(2)4/h2,5-6,8-11,14-15H,1,3-4,13H2,(H2,26,28)(H,27,30);5-10,13-15,22,28H,11-12,16H2,1-2H3,(H2,25,26);3-4,6-9,12-13H,1-2,11,23H2,(H2,24,25);5-9,12-13,18,24H,10-11,14H2,1-2H3,(H2,21,22);1-2H3.